The van der Waals surface area contributed by atoms with Gasteiger partial charge in [0.15, 0.2) is 0 Å². The number of hydrogen-bond acceptors (Lipinski definition) is 2. The van der Waals surface area contributed by atoms with Crippen LogP contribution in [0.1, 0.15) is 23.8 Å². The van der Waals surface area contributed by atoms with Crippen LogP contribution in [0.15, 0.2) is 24.5 Å². The zero-order valence-corrected chi connectivity index (χ0v) is 7.67. The molecule has 3 heteroatoms. The predicted molar refractivity (Wildman–Crippen MR) is 51.1 cm³/mol. The van der Waals surface area contributed by atoms with Crippen molar-refractivity contribution in [2.24, 2.45) is 5.73 Å². The molecule has 0 saturated carbocycles. The molecule has 0 amide bonds. The molecule has 12 heavy (non-hydrogen) atoms. The van der Waals surface area contributed by atoms with Crippen LogP contribution in [0.25, 0.3) is 0 Å². The zero-order valence-electron chi connectivity index (χ0n) is 6.91. The molecule has 0 aromatic carbocycles. The monoisotopic (exact) mass is 184 g/mol. The van der Waals surface area contributed by atoms with E-state index in [1.807, 2.05) is 12.1 Å². The first-order valence-electron chi connectivity index (χ1n) is 4.08. The third-order valence-electron chi connectivity index (χ3n) is 1.71. The smallest absolute Gasteiger partial charge is 0.0600 e. The lowest BCUT2D eigenvalue weighted by molar-refractivity contribution is 0.724. The minimum atomic E-state index is 0.0576. The summed E-state index contributed by atoms with van der Waals surface area (Å²) in [5.41, 5.74) is 6.46. The Labute approximate surface area is 77.8 Å². The second-order valence-corrected chi connectivity index (χ2v) is 3.21. The minimum absolute atomic E-state index is 0.0576. The summed E-state index contributed by atoms with van der Waals surface area (Å²) >= 11 is 6.09. The fourth-order valence-corrected chi connectivity index (χ4v) is 1.31. The van der Waals surface area contributed by atoms with E-state index in [9.17, 15) is 0 Å². The number of rotatable bonds is 4. The van der Waals surface area contributed by atoms with Gasteiger partial charge in [-0.3, -0.25) is 4.98 Å². The fourth-order valence-electron chi connectivity index (χ4n) is 1.02. The van der Waals surface area contributed by atoms with E-state index in [1.165, 1.54) is 0 Å². The molecule has 2 N–H and O–H groups in total. The molecule has 1 rings (SSSR count). The maximum atomic E-state index is 6.09. The van der Waals surface area contributed by atoms with E-state index < -0.39 is 0 Å². The number of hydrogen-bond donors (Lipinski definition) is 1. The normalized spacial score (nSPS) is 12.8. The lowest BCUT2D eigenvalue weighted by atomic mass is 10.1. The van der Waals surface area contributed by atoms with Crippen molar-refractivity contribution in [1.29, 1.82) is 0 Å². The summed E-state index contributed by atoms with van der Waals surface area (Å²) in [6, 6.07) is 3.88. The molecule has 1 heterocycles. The highest BCUT2D eigenvalue weighted by molar-refractivity contribution is 6.20. The van der Waals surface area contributed by atoms with Gasteiger partial charge in [-0.2, -0.15) is 0 Å². The molecule has 0 radical (unpaired) electrons. The first kappa shape index (κ1) is 9.49. The number of pyridine rings is 1. The molecule has 1 atom stereocenters. The Balaban J connectivity index is 2.48. The van der Waals surface area contributed by atoms with Gasteiger partial charge in [0.25, 0.3) is 0 Å². The maximum Gasteiger partial charge on any atom is 0.0600 e. The second-order valence-electron chi connectivity index (χ2n) is 2.68. The Morgan fingerprint density at radius 3 is 3.00 bits per heavy atom. The van der Waals surface area contributed by atoms with Crippen molar-refractivity contribution in [3.63, 3.8) is 0 Å². The number of nitrogens with two attached hydrogens (primary N) is 1. The average molecular weight is 185 g/mol. The van der Waals surface area contributed by atoms with Crippen LogP contribution in [0.2, 0.25) is 0 Å². The summed E-state index contributed by atoms with van der Waals surface area (Å²) in [5.74, 6) is 0. The van der Waals surface area contributed by atoms with E-state index in [0.29, 0.717) is 6.54 Å². The van der Waals surface area contributed by atoms with Gasteiger partial charge in [0.2, 0.25) is 0 Å². The maximum absolute atomic E-state index is 6.09. The first-order valence-corrected chi connectivity index (χ1v) is 4.52. The molecule has 66 valence electrons. The molecule has 1 aromatic rings. The average Bonchev–Trinajstić information content (AvgIpc) is 2.15. The Morgan fingerprint density at radius 2 is 2.42 bits per heavy atom. The van der Waals surface area contributed by atoms with Gasteiger partial charge in [-0.25, -0.2) is 0 Å². The van der Waals surface area contributed by atoms with Crippen LogP contribution < -0.4 is 5.73 Å². The standard InChI is InChI=1S/C9H13ClN2/c10-9(4-1-5-11)8-3-2-6-12-7-8/h2-3,6-7,9H,1,4-5,11H2. The van der Waals surface area contributed by atoms with Gasteiger partial charge >= 0.3 is 0 Å². The first-order chi connectivity index (χ1) is 5.84. The fraction of sp³-hybridized carbons (Fsp3) is 0.444. The number of halogens is 1. The van der Waals surface area contributed by atoms with Gasteiger partial charge in [-0.05, 0) is 31.0 Å². The molecule has 0 aliphatic heterocycles. The van der Waals surface area contributed by atoms with Crippen LogP contribution in [0.5, 0.6) is 0 Å². The van der Waals surface area contributed by atoms with Crippen molar-refractivity contribution in [3.05, 3.63) is 30.1 Å². The molecule has 0 bridgehead atoms. The summed E-state index contributed by atoms with van der Waals surface area (Å²) in [4.78, 5) is 4.00. The van der Waals surface area contributed by atoms with Gasteiger partial charge in [0.05, 0.1) is 5.38 Å². The van der Waals surface area contributed by atoms with Crippen LogP contribution in [0.3, 0.4) is 0 Å². The van der Waals surface area contributed by atoms with Gasteiger partial charge in [0, 0.05) is 12.4 Å². The zero-order chi connectivity index (χ0) is 8.81. The lowest BCUT2D eigenvalue weighted by Crippen LogP contribution is -2.00. The van der Waals surface area contributed by atoms with Crippen molar-refractivity contribution in [1.82, 2.24) is 4.98 Å². The lowest BCUT2D eigenvalue weighted by Gasteiger charge is -2.07. The summed E-state index contributed by atoms with van der Waals surface area (Å²) in [6.07, 6.45) is 5.43. The highest BCUT2D eigenvalue weighted by Crippen LogP contribution is 2.23. The molecule has 0 aliphatic rings. The van der Waals surface area contributed by atoms with Gasteiger partial charge in [0.1, 0.15) is 0 Å². The van der Waals surface area contributed by atoms with Crippen molar-refractivity contribution >= 4 is 11.6 Å². The third-order valence-corrected chi connectivity index (χ3v) is 2.18. The molecule has 1 unspecified atom stereocenters. The molecule has 0 aliphatic carbocycles. The molecular formula is C9H13ClN2. The van der Waals surface area contributed by atoms with E-state index >= 15 is 0 Å². The third kappa shape index (κ3) is 2.80. The summed E-state index contributed by atoms with van der Waals surface area (Å²) in [6.45, 7) is 0.698. The van der Waals surface area contributed by atoms with E-state index in [-0.39, 0.29) is 5.38 Å². The Kier molecular flexibility index (Phi) is 4.05. The predicted octanol–water partition coefficient (Wildman–Crippen LogP) is 2.10. The van der Waals surface area contributed by atoms with Crippen molar-refractivity contribution in [3.8, 4) is 0 Å². The summed E-state index contributed by atoms with van der Waals surface area (Å²) < 4.78 is 0. The highest BCUT2D eigenvalue weighted by Gasteiger charge is 2.05. The number of nitrogens with zero attached hydrogens (tertiary/aromatic N) is 1. The topological polar surface area (TPSA) is 38.9 Å². The van der Waals surface area contributed by atoms with E-state index in [4.69, 9.17) is 17.3 Å². The Bertz CT molecular complexity index is 213. The van der Waals surface area contributed by atoms with Crippen molar-refractivity contribution in [2.45, 2.75) is 18.2 Å². The van der Waals surface area contributed by atoms with Crippen LogP contribution in [-0.2, 0) is 0 Å². The SMILES string of the molecule is NCCCC(Cl)c1cccnc1. The molecule has 0 saturated heterocycles. The van der Waals surface area contributed by atoms with Gasteiger partial charge in [-0.15, -0.1) is 11.6 Å². The quantitative estimate of drug-likeness (QED) is 0.728. The minimum Gasteiger partial charge on any atom is -0.330 e. The van der Waals surface area contributed by atoms with Gasteiger partial charge in [-0.1, -0.05) is 6.07 Å². The molecule has 2 nitrogen and oxygen atoms in total. The van der Waals surface area contributed by atoms with Crippen LogP contribution in [0, 0.1) is 0 Å². The molecule has 0 spiro atoms. The van der Waals surface area contributed by atoms with E-state index in [0.717, 1.165) is 18.4 Å². The summed E-state index contributed by atoms with van der Waals surface area (Å²) in [7, 11) is 0. The largest absolute Gasteiger partial charge is 0.330 e. The van der Waals surface area contributed by atoms with Crippen molar-refractivity contribution < 1.29 is 0 Å². The number of aromatic nitrogens is 1. The van der Waals surface area contributed by atoms with Crippen LogP contribution in [-0.4, -0.2) is 11.5 Å². The van der Waals surface area contributed by atoms with Gasteiger partial charge < -0.3 is 5.73 Å². The Morgan fingerprint density at radius 1 is 1.58 bits per heavy atom. The van der Waals surface area contributed by atoms with Crippen molar-refractivity contribution in [2.75, 3.05) is 6.54 Å². The van der Waals surface area contributed by atoms with E-state index in [2.05, 4.69) is 4.98 Å². The molecular weight excluding hydrogens is 172 g/mol. The molecule has 1 aromatic heterocycles. The van der Waals surface area contributed by atoms with Crippen LogP contribution >= 0.6 is 11.6 Å². The Hall–Kier alpha value is -0.600. The number of alkyl halides is 1. The summed E-state index contributed by atoms with van der Waals surface area (Å²) in [5, 5.41) is 0.0576. The van der Waals surface area contributed by atoms with Crippen LogP contribution in [0.4, 0.5) is 0 Å². The highest BCUT2D eigenvalue weighted by atomic mass is 35.5. The molecule has 0 fully saturated rings. The second kappa shape index (κ2) is 5.12. The van der Waals surface area contributed by atoms with E-state index in [1.54, 1.807) is 12.4 Å².